The summed E-state index contributed by atoms with van der Waals surface area (Å²) < 4.78 is 36.7. The van der Waals surface area contributed by atoms with Crippen LogP contribution in [0.25, 0.3) is 0 Å². The van der Waals surface area contributed by atoms with E-state index in [1.54, 1.807) is 6.08 Å². The quantitative estimate of drug-likeness (QED) is 0.556. The fourth-order valence-corrected chi connectivity index (χ4v) is 3.92. The maximum absolute atomic E-state index is 11.4. The van der Waals surface area contributed by atoms with Crippen LogP contribution in [0.5, 0.6) is 0 Å². The van der Waals surface area contributed by atoms with Crippen LogP contribution in [0.2, 0.25) is 0 Å². The van der Waals surface area contributed by atoms with Crippen LogP contribution < -0.4 is 0 Å². The van der Waals surface area contributed by atoms with Crippen LogP contribution in [0, 0.1) is 0 Å². The van der Waals surface area contributed by atoms with Crippen LogP contribution in [0.4, 0.5) is 0 Å². The molecule has 1 aliphatic rings. The van der Waals surface area contributed by atoms with Gasteiger partial charge in [-0.3, -0.25) is 0 Å². The summed E-state index contributed by atoms with van der Waals surface area (Å²) in [5.41, 5.74) is 1.94. The van der Waals surface area contributed by atoms with Gasteiger partial charge in [0.05, 0.1) is 12.0 Å². The van der Waals surface area contributed by atoms with Crippen molar-refractivity contribution in [2.75, 3.05) is 12.0 Å². The van der Waals surface area contributed by atoms with E-state index >= 15 is 0 Å². The molecule has 0 fully saturated rings. The van der Waals surface area contributed by atoms with Crippen molar-refractivity contribution < 1.29 is 12.6 Å². The van der Waals surface area contributed by atoms with E-state index in [0.717, 1.165) is 42.5 Å². The summed E-state index contributed by atoms with van der Waals surface area (Å²) in [6.07, 6.45) is 6.56. The topological polar surface area (TPSA) is 68.1 Å². The molecule has 1 aromatic rings. The second-order valence-corrected chi connectivity index (χ2v) is 8.39. The summed E-state index contributed by atoms with van der Waals surface area (Å²) in [7, 11) is -4.14. The zero-order chi connectivity index (χ0) is 16.7. The van der Waals surface area contributed by atoms with E-state index in [-0.39, 0.29) is 5.90 Å². The molecule has 0 amide bonds. The van der Waals surface area contributed by atoms with Gasteiger partial charge in [-0.15, -0.1) is 0 Å². The van der Waals surface area contributed by atoms with Crippen LogP contribution in [0.3, 0.4) is 0 Å². The van der Waals surface area contributed by atoms with Gasteiger partial charge in [0.2, 0.25) is 5.90 Å². The normalized spacial score (nSPS) is 17.9. The summed E-state index contributed by atoms with van der Waals surface area (Å²) in [6, 6.07) is 9.96. The van der Waals surface area contributed by atoms with Crippen LogP contribution >= 0.6 is 0 Å². The highest BCUT2D eigenvalue weighted by atomic mass is 32.2. The van der Waals surface area contributed by atoms with Gasteiger partial charge in [0.15, 0.2) is 0 Å². The lowest BCUT2D eigenvalue weighted by molar-refractivity contribution is 0.491. The predicted molar refractivity (Wildman–Crippen MR) is 95.8 cm³/mol. The van der Waals surface area contributed by atoms with Gasteiger partial charge < -0.3 is 4.18 Å². The van der Waals surface area contributed by atoms with Crippen molar-refractivity contribution in [2.24, 2.45) is 8.76 Å². The van der Waals surface area contributed by atoms with Crippen molar-refractivity contribution in [1.29, 1.82) is 0 Å². The third-order valence-electron chi connectivity index (χ3n) is 3.10. The highest BCUT2D eigenvalue weighted by Crippen LogP contribution is 2.17. The zero-order valence-corrected chi connectivity index (χ0v) is 15.1. The van der Waals surface area contributed by atoms with E-state index in [1.807, 2.05) is 30.3 Å². The Hall–Kier alpha value is -1.47. The molecule has 1 atom stereocenters. The van der Waals surface area contributed by atoms with E-state index in [2.05, 4.69) is 15.7 Å². The Balaban J connectivity index is 2.18. The molecule has 126 valence electrons. The maximum atomic E-state index is 11.4. The molecule has 7 heteroatoms. The number of rotatable bonds is 7. The number of allylic oxidation sites excluding steroid dienone is 1. The molecule has 1 heterocycles. The summed E-state index contributed by atoms with van der Waals surface area (Å²) >= 11 is 0. The average Bonchev–Trinajstić information content (AvgIpc) is 2.46. The highest BCUT2D eigenvalue weighted by Gasteiger charge is 2.14. The minimum atomic E-state index is -3.58. The first kappa shape index (κ1) is 17.9. The SMILES string of the molecule is CCCCCS1=NC(Cc2ccccc2)=CC(OS(C)(=O)=O)=N1. The van der Waals surface area contributed by atoms with Crippen molar-refractivity contribution in [3.8, 4) is 0 Å². The minimum Gasteiger partial charge on any atom is -0.361 e. The van der Waals surface area contributed by atoms with Gasteiger partial charge in [0.25, 0.3) is 0 Å². The van der Waals surface area contributed by atoms with Crippen LogP contribution in [-0.2, 0) is 31.6 Å². The molecule has 1 aromatic carbocycles. The number of unbranched alkanes of at least 4 members (excludes halogenated alkanes) is 2. The summed E-state index contributed by atoms with van der Waals surface area (Å²) in [5.74, 6) is 0.976. The fourth-order valence-electron chi connectivity index (χ4n) is 2.11. The number of hydrogen-bond acceptors (Lipinski definition) is 5. The van der Waals surface area contributed by atoms with E-state index in [1.165, 1.54) is 0 Å². The molecule has 1 unspecified atom stereocenters. The van der Waals surface area contributed by atoms with Crippen LogP contribution in [-0.4, -0.2) is 26.3 Å². The number of benzene rings is 1. The third-order valence-corrected chi connectivity index (χ3v) is 5.07. The largest absolute Gasteiger partial charge is 0.361 e. The van der Waals surface area contributed by atoms with E-state index in [0.29, 0.717) is 6.42 Å². The van der Waals surface area contributed by atoms with Crippen molar-refractivity contribution in [3.63, 3.8) is 0 Å². The second kappa shape index (κ2) is 8.40. The van der Waals surface area contributed by atoms with Crippen molar-refractivity contribution in [2.45, 2.75) is 32.6 Å². The Bertz CT molecular complexity index is 723. The predicted octanol–water partition coefficient (Wildman–Crippen LogP) is 3.41. The van der Waals surface area contributed by atoms with E-state index in [4.69, 9.17) is 4.18 Å². The highest BCUT2D eigenvalue weighted by molar-refractivity contribution is 7.87. The molecule has 0 aliphatic carbocycles. The molecule has 23 heavy (non-hydrogen) atoms. The molecule has 5 nitrogen and oxygen atoms in total. The van der Waals surface area contributed by atoms with Gasteiger partial charge in [-0.1, -0.05) is 50.1 Å². The van der Waals surface area contributed by atoms with E-state index < -0.39 is 21.0 Å². The van der Waals surface area contributed by atoms with Crippen molar-refractivity contribution >= 4 is 26.9 Å². The Kier molecular flexibility index (Phi) is 6.53. The molecule has 0 saturated carbocycles. The first-order valence-electron chi connectivity index (χ1n) is 7.62. The second-order valence-electron chi connectivity index (χ2n) is 5.36. The smallest absolute Gasteiger partial charge is 0.307 e. The van der Waals surface area contributed by atoms with Gasteiger partial charge in [-0.05, 0) is 12.0 Å². The Morgan fingerprint density at radius 2 is 1.91 bits per heavy atom. The first-order valence-corrected chi connectivity index (χ1v) is 10.7. The molecular formula is C16H22N2O3S2. The monoisotopic (exact) mass is 354 g/mol. The van der Waals surface area contributed by atoms with Crippen molar-refractivity contribution in [3.05, 3.63) is 47.7 Å². The first-order chi connectivity index (χ1) is 11.0. The standard InChI is InChI=1S/C16H22N2O3S2/c1-3-4-8-11-22-17-15(12-14-9-6-5-7-10-14)13-16(18-22)21-23(2,19)20/h5-7,9-10,13H,3-4,8,11-12H2,1-2H3. The van der Waals surface area contributed by atoms with Gasteiger partial charge in [-0.25, -0.2) is 4.36 Å². The van der Waals surface area contributed by atoms with Crippen LogP contribution in [0.1, 0.15) is 31.7 Å². The molecule has 2 rings (SSSR count). The van der Waals surface area contributed by atoms with E-state index in [9.17, 15) is 8.42 Å². The fraction of sp³-hybridized carbons (Fsp3) is 0.438. The molecule has 0 saturated heterocycles. The molecule has 0 N–H and O–H groups in total. The van der Waals surface area contributed by atoms with Crippen LogP contribution in [0.15, 0.2) is 50.9 Å². The lowest BCUT2D eigenvalue weighted by Crippen LogP contribution is -2.14. The summed E-state index contributed by atoms with van der Waals surface area (Å²) in [4.78, 5) is 0. The number of hydrogen-bond donors (Lipinski definition) is 0. The molecule has 0 aromatic heterocycles. The lowest BCUT2D eigenvalue weighted by atomic mass is 10.1. The maximum Gasteiger partial charge on any atom is 0.307 e. The minimum absolute atomic E-state index is 0.147. The zero-order valence-electron chi connectivity index (χ0n) is 13.4. The number of nitrogens with zero attached hydrogens (tertiary/aromatic N) is 2. The molecular weight excluding hydrogens is 332 g/mol. The molecule has 0 radical (unpaired) electrons. The third kappa shape index (κ3) is 6.66. The average molecular weight is 354 g/mol. The van der Waals surface area contributed by atoms with Crippen molar-refractivity contribution in [1.82, 2.24) is 0 Å². The Morgan fingerprint density at radius 1 is 1.17 bits per heavy atom. The molecule has 0 spiro atoms. The Labute approximate surface area is 140 Å². The summed E-state index contributed by atoms with van der Waals surface area (Å²) in [5, 5.41) is 0. The molecule has 0 bridgehead atoms. The Morgan fingerprint density at radius 3 is 2.57 bits per heavy atom. The van der Waals surface area contributed by atoms with Gasteiger partial charge in [-0.2, -0.15) is 12.8 Å². The lowest BCUT2D eigenvalue weighted by Gasteiger charge is -2.13. The van der Waals surface area contributed by atoms with Gasteiger partial charge in [0, 0.05) is 29.1 Å². The van der Waals surface area contributed by atoms with Gasteiger partial charge in [0.1, 0.15) is 0 Å². The van der Waals surface area contributed by atoms with Gasteiger partial charge >= 0.3 is 10.1 Å². The summed E-state index contributed by atoms with van der Waals surface area (Å²) in [6.45, 7) is 2.14. The molecule has 1 aliphatic heterocycles.